The Labute approximate surface area is 70.1 Å². The van der Waals surface area contributed by atoms with Gasteiger partial charge in [-0.05, 0) is 19.3 Å². The van der Waals surface area contributed by atoms with Gasteiger partial charge in [-0.1, -0.05) is 20.8 Å². The number of hydrogen-bond acceptors (Lipinski definition) is 2. The van der Waals surface area contributed by atoms with Gasteiger partial charge in [0.1, 0.15) is 0 Å². The second-order valence-corrected chi connectivity index (χ2v) is 4.65. The Bertz CT molecular complexity index is 124. The molecule has 0 aromatic carbocycles. The number of hydrogen-bond donors (Lipinski definition) is 1. The van der Waals surface area contributed by atoms with E-state index >= 15 is 0 Å². The van der Waals surface area contributed by atoms with Crippen molar-refractivity contribution in [2.24, 2.45) is 11.1 Å². The van der Waals surface area contributed by atoms with Crippen LogP contribution in [-0.4, -0.2) is 18.8 Å². The van der Waals surface area contributed by atoms with E-state index < -0.39 is 0 Å². The van der Waals surface area contributed by atoms with E-state index in [1.54, 1.807) is 7.11 Å². The highest BCUT2D eigenvalue weighted by molar-refractivity contribution is 4.90. The van der Waals surface area contributed by atoms with Crippen LogP contribution in [0.25, 0.3) is 0 Å². The van der Waals surface area contributed by atoms with Crippen molar-refractivity contribution in [3.63, 3.8) is 0 Å². The van der Waals surface area contributed by atoms with Crippen molar-refractivity contribution in [3.8, 4) is 0 Å². The molecule has 0 aromatic heterocycles. The number of methoxy groups -OCH3 is 1. The Hall–Kier alpha value is -0.0800. The van der Waals surface area contributed by atoms with Crippen molar-refractivity contribution in [1.82, 2.24) is 0 Å². The van der Waals surface area contributed by atoms with E-state index in [-0.39, 0.29) is 17.1 Å². The molecule has 0 rings (SSSR count). The molecular formula is C9H21NO. The van der Waals surface area contributed by atoms with Crippen LogP contribution in [0.5, 0.6) is 0 Å². The molecule has 1 unspecified atom stereocenters. The third kappa shape index (κ3) is 2.80. The van der Waals surface area contributed by atoms with Gasteiger partial charge in [-0.2, -0.15) is 0 Å². The molecule has 2 heteroatoms. The molecule has 0 aromatic rings. The van der Waals surface area contributed by atoms with E-state index in [2.05, 4.69) is 20.8 Å². The van der Waals surface area contributed by atoms with Gasteiger partial charge in [-0.25, -0.2) is 0 Å². The first kappa shape index (κ1) is 10.9. The Morgan fingerprint density at radius 1 is 1.09 bits per heavy atom. The summed E-state index contributed by atoms with van der Waals surface area (Å²) in [5.74, 6) is 0. The van der Waals surface area contributed by atoms with E-state index in [4.69, 9.17) is 10.5 Å². The number of rotatable bonds is 2. The topological polar surface area (TPSA) is 35.2 Å². The predicted molar refractivity (Wildman–Crippen MR) is 48.5 cm³/mol. The van der Waals surface area contributed by atoms with Crippen LogP contribution in [0.3, 0.4) is 0 Å². The predicted octanol–water partition coefficient (Wildman–Crippen LogP) is 1.78. The summed E-state index contributed by atoms with van der Waals surface area (Å²) in [6.07, 6.45) is 0. The monoisotopic (exact) mass is 159 g/mol. The zero-order valence-electron chi connectivity index (χ0n) is 8.56. The quantitative estimate of drug-likeness (QED) is 0.666. The maximum atomic E-state index is 6.01. The zero-order chi connectivity index (χ0) is 9.28. The molecule has 11 heavy (non-hydrogen) atoms. The minimum atomic E-state index is -0.238. The molecule has 0 heterocycles. The minimum absolute atomic E-state index is 0.0556. The van der Waals surface area contributed by atoms with E-state index in [1.165, 1.54) is 0 Å². The third-order valence-electron chi connectivity index (χ3n) is 2.21. The van der Waals surface area contributed by atoms with Crippen LogP contribution in [0.15, 0.2) is 0 Å². The van der Waals surface area contributed by atoms with Crippen LogP contribution >= 0.6 is 0 Å². The van der Waals surface area contributed by atoms with E-state index in [0.29, 0.717) is 0 Å². The van der Waals surface area contributed by atoms with Crippen molar-refractivity contribution in [3.05, 3.63) is 0 Å². The van der Waals surface area contributed by atoms with Gasteiger partial charge < -0.3 is 10.5 Å². The molecule has 0 spiro atoms. The highest BCUT2D eigenvalue weighted by Gasteiger charge is 2.34. The normalized spacial score (nSPS) is 16.6. The molecule has 1 atom stereocenters. The number of ether oxygens (including phenoxy) is 1. The summed E-state index contributed by atoms with van der Waals surface area (Å²) < 4.78 is 5.30. The molecule has 2 N–H and O–H groups in total. The van der Waals surface area contributed by atoms with Crippen LogP contribution in [0.4, 0.5) is 0 Å². The van der Waals surface area contributed by atoms with Crippen molar-refractivity contribution < 1.29 is 4.74 Å². The van der Waals surface area contributed by atoms with Crippen molar-refractivity contribution >= 4 is 0 Å². The lowest BCUT2D eigenvalue weighted by molar-refractivity contribution is -0.0287. The molecule has 0 amide bonds. The van der Waals surface area contributed by atoms with Crippen molar-refractivity contribution in [2.75, 3.05) is 7.11 Å². The molecule has 0 saturated carbocycles. The summed E-state index contributed by atoms with van der Waals surface area (Å²) in [6.45, 7) is 10.4. The van der Waals surface area contributed by atoms with Crippen LogP contribution in [0, 0.1) is 5.41 Å². The van der Waals surface area contributed by atoms with Gasteiger partial charge in [0.2, 0.25) is 0 Å². The lowest BCUT2D eigenvalue weighted by Crippen LogP contribution is -2.52. The standard InChI is InChI=1S/C9H21NO/c1-8(2,3)7(10)9(4,5)11-6/h7H,10H2,1-6H3. The molecule has 0 radical (unpaired) electrons. The lowest BCUT2D eigenvalue weighted by Gasteiger charge is -2.39. The largest absolute Gasteiger partial charge is 0.377 e. The fourth-order valence-electron chi connectivity index (χ4n) is 1.17. The first-order chi connectivity index (χ1) is 4.72. The van der Waals surface area contributed by atoms with Gasteiger partial charge in [0.15, 0.2) is 0 Å². The third-order valence-corrected chi connectivity index (χ3v) is 2.21. The Morgan fingerprint density at radius 3 is 1.55 bits per heavy atom. The molecule has 2 nitrogen and oxygen atoms in total. The number of nitrogens with two attached hydrogens (primary N) is 1. The minimum Gasteiger partial charge on any atom is -0.377 e. The van der Waals surface area contributed by atoms with Crippen molar-refractivity contribution in [2.45, 2.75) is 46.3 Å². The summed E-state index contributed by atoms with van der Waals surface area (Å²) in [5, 5.41) is 0. The fraction of sp³-hybridized carbons (Fsp3) is 1.00. The van der Waals surface area contributed by atoms with Gasteiger partial charge in [-0.15, -0.1) is 0 Å². The van der Waals surface area contributed by atoms with Crippen LogP contribution in [0.1, 0.15) is 34.6 Å². The molecule has 0 aliphatic rings. The molecule has 0 aliphatic heterocycles. The second-order valence-electron chi connectivity index (χ2n) is 4.65. The zero-order valence-corrected chi connectivity index (χ0v) is 8.56. The van der Waals surface area contributed by atoms with E-state index in [0.717, 1.165) is 0 Å². The second kappa shape index (κ2) is 3.11. The average molecular weight is 159 g/mol. The first-order valence-corrected chi connectivity index (χ1v) is 4.02. The van der Waals surface area contributed by atoms with Gasteiger partial charge in [0, 0.05) is 13.2 Å². The molecule has 68 valence electrons. The van der Waals surface area contributed by atoms with Gasteiger partial charge in [0.05, 0.1) is 5.60 Å². The Balaban J connectivity index is 4.35. The molecule has 0 fully saturated rings. The van der Waals surface area contributed by atoms with Gasteiger partial charge in [-0.3, -0.25) is 0 Å². The molecule has 0 bridgehead atoms. The van der Waals surface area contributed by atoms with Crippen molar-refractivity contribution in [1.29, 1.82) is 0 Å². The first-order valence-electron chi connectivity index (χ1n) is 4.02. The fourth-order valence-corrected chi connectivity index (χ4v) is 1.17. The van der Waals surface area contributed by atoms with Crippen LogP contribution in [-0.2, 0) is 4.74 Å². The summed E-state index contributed by atoms with van der Waals surface area (Å²) in [6, 6.07) is 0.0556. The van der Waals surface area contributed by atoms with E-state index in [9.17, 15) is 0 Å². The highest BCUT2D eigenvalue weighted by Crippen LogP contribution is 2.27. The van der Waals surface area contributed by atoms with Gasteiger partial charge >= 0.3 is 0 Å². The molecule has 0 saturated heterocycles. The maximum Gasteiger partial charge on any atom is 0.0778 e. The maximum absolute atomic E-state index is 6.01. The summed E-state index contributed by atoms with van der Waals surface area (Å²) in [4.78, 5) is 0. The SMILES string of the molecule is COC(C)(C)C(N)C(C)(C)C. The van der Waals surface area contributed by atoms with E-state index in [1.807, 2.05) is 13.8 Å². The summed E-state index contributed by atoms with van der Waals surface area (Å²) in [7, 11) is 1.70. The average Bonchev–Trinajstić information content (AvgIpc) is 1.84. The van der Waals surface area contributed by atoms with Gasteiger partial charge in [0.25, 0.3) is 0 Å². The summed E-state index contributed by atoms with van der Waals surface area (Å²) >= 11 is 0. The molecular weight excluding hydrogens is 138 g/mol. The highest BCUT2D eigenvalue weighted by atomic mass is 16.5. The smallest absolute Gasteiger partial charge is 0.0778 e. The summed E-state index contributed by atoms with van der Waals surface area (Å²) in [5.41, 5.74) is 5.87. The van der Waals surface area contributed by atoms with Crippen LogP contribution < -0.4 is 5.73 Å². The Morgan fingerprint density at radius 2 is 1.45 bits per heavy atom. The lowest BCUT2D eigenvalue weighted by atomic mass is 9.78. The molecule has 0 aliphatic carbocycles. The van der Waals surface area contributed by atoms with Crippen LogP contribution in [0.2, 0.25) is 0 Å². The Kier molecular flexibility index (Phi) is 3.09.